The summed E-state index contributed by atoms with van der Waals surface area (Å²) in [4.78, 5) is 12.2. The zero-order chi connectivity index (χ0) is 18.0. The molecule has 1 fully saturated rings. The second-order valence-electron chi connectivity index (χ2n) is 6.08. The topological polar surface area (TPSA) is 110 Å². The van der Waals surface area contributed by atoms with Crippen LogP contribution in [0.5, 0.6) is 0 Å². The van der Waals surface area contributed by atoms with Gasteiger partial charge < -0.3 is 11.2 Å². The third-order valence-electron chi connectivity index (χ3n) is 4.14. The van der Waals surface area contributed by atoms with Crippen molar-refractivity contribution in [3.8, 4) is 17.5 Å². The molecule has 1 amide bonds. The normalized spacial score (nSPS) is 16.0. The lowest BCUT2D eigenvalue weighted by molar-refractivity contribution is -0.119. The molecule has 1 aromatic carbocycles. The number of nitrogens with zero attached hydrogens (tertiary/aromatic N) is 4. The number of nitrogens with two attached hydrogens (primary N) is 1. The molecule has 0 radical (unpaired) electrons. The molecule has 1 atom stereocenters. The van der Waals surface area contributed by atoms with Crippen LogP contribution in [0.4, 0.5) is 0 Å². The van der Waals surface area contributed by atoms with E-state index < -0.39 is 5.54 Å². The van der Waals surface area contributed by atoms with Crippen molar-refractivity contribution in [2.75, 3.05) is 11.6 Å². The number of hydrogen-bond donors (Lipinski definition) is 2. The van der Waals surface area contributed by atoms with Crippen molar-refractivity contribution in [1.82, 2.24) is 20.2 Å². The standard InChI is InChI=1S/C16H17ClN6OS/c1-16(9-18,10-6-7-10)20-13(24)8-25-15-22-21-14(23(15)19)11-4-2-3-5-12(11)17/h2-5,10H,6-8,19H2,1H3,(H,20,24). The van der Waals surface area contributed by atoms with Crippen molar-refractivity contribution in [1.29, 1.82) is 5.26 Å². The molecule has 25 heavy (non-hydrogen) atoms. The molecule has 2 aromatic rings. The monoisotopic (exact) mass is 376 g/mol. The van der Waals surface area contributed by atoms with E-state index in [0.717, 1.165) is 24.6 Å². The lowest BCUT2D eigenvalue weighted by atomic mass is 9.98. The number of nitrogens with one attached hydrogen (secondary N) is 1. The number of halogens is 1. The molecule has 0 spiro atoms. The molecule has 9 heteroatoms. The minimum atomic E-state index is -0.809. The van der Waals surface area contributed by atoms with E-state index >= 15 is 0 Å². The zero-order valence-electron chi connectivity index (χ0n) is 13.6. The Balaban J connectivity index is 1.66. The third kappa shape index (κ3) is 3.72. The lowest BCUT2D eigenvalue weighted by Crippen LogP contribution is -2.47. The number of carbonyl (C=O) groups is 1. The number of hydrogen-bond acceptors (Lipinski definition) is 6. The number of aromatic nitrogens is 3. The molecule has 1 aliphatic rings. The van der Waals surface area contributed by atoms with Gasteiger partial charge in [-0.05, 0) is 37.8 Å². The van der Waals surface area contributed by atoms with Crippen molar-refractivity contribution < 1.29 is 4.79 Å². The Morgan fingerprint density at radius 3 is 2.88 bits per heavy atom. The van der Waals surface area contributed by atoms with Gasteiger partial charge in [0.15, 0.2) is 5.82 Å². The Hall–Kier alpha value is -2.24. The maximum atomic E-state index is 12.2. The van der Waals surface area contributed by atoms with E-state index in [-0.39, 0.29) is 17.6 Å². The lowest BCUT2D eigenvalue weighted by Gasteiger charge is -2.22. The largest absolute Gasteiger partial charge is 0.337 e. The summed E-state index contributed by atoms with van der Waals surface area (Å²) in [6.45, 7) is 1.76. The van der Waals surface area contributed by atoms with Crippen LogP contribution in [-0.2, 0) is 4.79 Å². The van der Waals surface area contributed by atoms with E-state index in [0.29, 0.717) is 21.6 Å². The summed E-state index contributed by atoms with van der Waals surface area (Å²) >= 11 is 7.31. The first-order valence-electron chi connectivity index (χ1n) is 7.75. The van der Waals surface area contributed by atoms with Crippen LogP contribution >= 0.6 is 23.4 Å². The summed E-state index contributed by atoms with van der Waals surface area (Å²) in [5.74, 6) is 6.55. The molecular formula is C16H17ClN6OS. The first-order valence-corrected chi connectivity index (χ1v) is 9.11. The third-order valence-corrected chi connectivity index (χ3v) is 5.41. The summed E-state index contributed by atoms with van der Waals surface area (Å²) in [5, 5.41) is 21.1. The van der Waals surface area contributed by atoms with E-state index in [1.165, 1.54) is 4.68 Å². The fourth-order valence-corrected chi connectivity index (χ4v) is 3.42. The molecular weight excluding hydrogens is 360 g/mol. The van der Waals surface area contributed by atoms with Gasteiger partial charge in [0.25, 0.3) is 0 Å². The minimum absolute atomic E-state index is 0.0991. The van der Waals surface area contributed by atoms with Gasteiger partial charge in [-0.15, -0.1) is 10.2 Å². The van der Waals surface area contributed by atoms with E-state index in [4.69, 9.17) is 17.4 Å². The van der Waals surface area contributed by atoms with Crippen LogP contribution in [-0.4, -0.2) is 32.1 Å². The van der Waals surface area contributed by atoms with Crippen LogP contribution in [0.1, 0.15) is 19.8 Å². The van der Waals surface area contributed by atoms with Crippen molar-refractivity contribution in [2.24, 2.45) is 5.92 Å². The van der Waals surface area contributed by atoms with Gasteiger partial charge in [-0.3, -0.25) is 4.79 Å². The predicted molar refractivity (Wildman–Crippen MR) is 96.2 cm³/mol. The molecule has 1 unspecified atom stereocenters. The van der Waals surface area contributed by atoms with Gasteiger partial charge in [-0.2, -0.15) is 5.26 Å². The highest BCUT2D eigenvalue weighted by Gasteiger charge is 2.42. The quantitative estimate of drug-likeness (QED) is 0.590. The summed E-state index contributed by atoms with van der Waals surface area (Å²) in [5.41, 5.74) is -0.141. The average molecular weight is 377 g/mol. The van der Waals surface area contributed by atoms with Crippen molar-refractivity contribution >= 4 is 29.3 Å². The van der Waals surface area contributed by atoms with Crippen LogP contribution in [0.2, 0.25) is 5.02 Å². The van der Waals surface area contributed by atoms with Crippen LogP contribution in [0, 0.1) is 17.2 Å². The highest BCUT2D eigenvalue weighted by atomic mass is 35.5. The number of nitrogen functional groups attached to an aromatic ring is 1. The molecule has 0 bridgehead atoms. The minimum Gasteiger partial charge on any atom is -0.337 e. The second kappa shape index (κ2) is 6.94. The first kappa shape index (κ1) is 17.6. The fourth-order valence-electron chi connectivity index (χ4n) is 2.54. The van der Waals surface area contributed by atoms with E-state index in [1.54, 1.807) is 19.1 Å². The van der Waals surface area contributed by atoms with E-state index in [2.05, 4.69) is 21.6 Å². The van der Waals surface area contributed by atoms with Crippen LogP contribution in [0.15, 0.2) is 29.4 Å². The first-order chi connectivity index (χ1) is 11.9. The Labute approximate surface area is 154 Å². The summed E-state index contributed by atoms with van der Waals surface area (Å²) in [7, 11) is 0. The summed E-state index contributed by atoms with van der Waals surface area (Å²) in [6.07, 6.45) is 1.94. The maximum absolute atomic E-state index is 12.2. The SMILES string of the molecule is CC(C#N)(NC(=O)CSc1nnc(-c2ccccc2Cl)n1N)C1CC1. The van der Waals surface area contributed by atoms with Gasteiger partial charge >= 0.3 is 0 Å². The predicted octanol–water partition coefficient (Wildman–Crippen LogP) is 2.21. The Bertz CT molecular complexity index is 843. The maximum Gasteiger partial charge on any atom is 0.231 e. The molecule has 0 aliphatic heterocycles. The highest BCUT2D eigenvalue weighted by molar-refractivity contribution is 7.99. The van der Waals surface area contributed by atoms with Crippen molar-refractivity contribution in [3.63, 3.8) is 0 Å². The summed E-state index contributed by atoms with van der Waals surface area (Å²) in [6, 6.07) is 9.38. The van der Waals surface area contributed by atoms with Crippen LogP contribution < -0.4 is 11.2 Å². The Morgan fingerprint density at radius 2 is 2.24 bits per heavy atom. The average Bonchev–Trinajstić information content (AvgIpc) is 3.39. The van der Waals surface area contributed by atoms with Gasteiger partial charge in [0.2, 0.25) is 11.1 Å². The van der Waals surface area contributed by atoms with Gasteiger partial charge in [-0.25, -0.2) is 4.68 Å². The van der Waals surface area contributed by atoms with E-state index in [9.17, 15) is 10.1 Å². The van der Waals surface area contributed by atoms with Gasteiger partial charge in [-0.1, -0.05) is 35.5 Å². The molecule has 130 valence electrons. The molecule has 1 aromatic heterocycles. The Kier molecular flexibility index (Phi) is 4.88. The summed E-state index contributed by atoms with van der Waals surface area (Å²) < 4.78 is 1.31. The number of nitriles is 1. The molecule has 3 N–H and O–H groups in total. The van der Waals surface area contributed by atoms with Crippen molar-refractivity contribution in [3.05, 3.63) is 29.3 Å². The smallest absolute Gasteiger partial charge is 0.231 e. The van der Waals surface area contributed by atoms with Gasteiger partial charge in [0, 0.05) is 5.56 Å². The van der Waals surface area contributed by atoms with Crippen molar-refractivity contribution in [2.45, 2.75) is 30.5 Å². The number of amides is 1. The fraction of sp³-hybridized carbons (Fsp3) is 0.375. The number of thioether (sulfide) groups is 1. The number of rotatable bonds is 6. The molecule has 1 heterocycles. The highest BCUT2D eigenvalue weighted by Crippen LogP contribution is 2.39. The van der Waals surface area contributed by atoms with Gasteiger partial charge in [0.05, 0.1) is 16.8 Å². The molecule has 0 saturated heterocycles. The zero-order valence-corrected chi connectivity index (χ0v) is 15.1. The molecule has 1 saturated carbocycles. The van der Waals surface area contributed by atoms with E-state index in [1.807, 2.05) is 12.1 Å². The van der Waals surface area contributed by atoms with Gasteiger partial charge in [0.1, 0.15) is 5.54 Å². The number of benzene rings is 1. The molecule has 3 rings (SSSR count). The second-order valence-corrected chi connectivity index (χ2v) is 7.43. The van der Waals surface area contributed by atoms with Crippen LogP contribution in [0.3, 0.4) is 0 Å². The molecule has 1 aliphatic carbocycles. The Morgan fingerprint density at radius 1 is 1.52 bits per heavy atom. The van der Waals surface area contributed by atoms with Crippen LogP contribution in [0.25, 0.3) is 11.4 Å². The number of carbonyl (C=O) groups excluding carboxylic acids is 1. The molecule has 7 nitrogen and oxygen atoms in total.